The van der Waals surface area contributed by atoms with Crippen molar-refractivity contribution in [2.45, 2.75) is 44.2 Å². The number of carbonyl (C=O) groups is 2. The van der Waals surface area contributed by atoms with Gasteiger partial charge in [-0.25, -0.2) is 0 Å². The highest BCUT2D eigenvalue weighted by Gasteiger charge is 2.81. The van der Waals surface area contributed by atoms with Crippen molar-refractivity contribution < 1.29 is 14.3 Å². The van der Waals surface area contributed by atoms with Crippen LogP contribution < -0.4 is 5.32 Å². The molecule has 0 radical (unpaired) electrons. The second-order valence-corrected chi connectivity index (χ2v) is 11.1. The number of aromatic nitrogens is 3. The summed E-state index contributed by atoms with van der Waals surface area (Å²) in [5.41, 5.74) is 3.91. The van der Waals surface area contributed by atoms with Crippen molar-refractivity contribution in [3.63, 3.8) is 0 Å². The van der Waals surface area contributed by atoms with Crippen molar-refractivity contribution in [1.29, 1.82) is 0 Å². The molecule has 0 unspecified atom stereocenters. The first-order valence-electron chi connectivity index (χ1n) is 12.8. The molecule has 4 aromatic rings. The lowest BCUT2D eigenvalue weighted by molar-refractivity contribution is -0.239. The Labute approximate surface area is 214 Å². The molecule has 3 aromatic heterocycles. The van der Waals surface area contributed by atoms with E-state index in [9.17, 15) is 9.59 Å². The van der Waals surface area contributed by atoms with E-state index in [1.165, 1.54) is 7.11 Å². The summed E-state index contributed by atoms with van der Waals surface area (Å²) < 4.78 is 7.11. The fourth-order valence-corrected chi connectivity index (χ4v) is 6.88. The topological polar surface area (TPSA) is 86.1 Å². The second kappa shape index (κ2) is 7.75. The van der Waals surface area contributed by atoms with E-state index in [-0.39, 0.29) is 28.2 Å². The highest BCUT2D eigenvalue weighted by Crippen LogP contribution is 2.81. The summed E-state index contributed by atoms with van der Waals surface area (Å²) in [5.74, 6) is -0.140. The van der Waals surface area contributed by atoms with Crippen LogP contribution in [0.5, 0.6) is 0 Å². The predicted octanol–water partition coefficient (Wildman–Crippen LogP) is 4.75. The van der Waals surface area contributed by atoms with E-state index in [1.807, 2.05) is 67.0 Å². The number of methoxy groups -OCH3 is 1. The van der Waals surface area contributed by atoms with Crippen LogP contribution in [-0.4, -0.2) is 39.1 Å². The Hall–Kier alpha value is -4.00. The molecule has 4 aliphatic carbocycles. The van der Waals surface area contributed by atoms with Crippen LogP contribution in [0.4, 0.5) is 0 Å². The maximum atomic E-state index is 13.7. The van der Waals surface area contributed by atoms with Crippen LogP contribution in [0.15, 0.2) is 73.2 Å². The minimum Gasteiger partial charge on any atom is -0.469 e. The number of carbonyl (C=O) groups excluding carboxylic acids is 2. The van der Waals surface area contributed by atoms with E-state index in [2.05, 4.69) is 19.9 Å². The normalized spacial score (nSPS) is 24.6. The Morgan fingerprint density at radius 2 is 1.84 bits per heavy atom. The lowest BCUT2D eigenvalue weighted by atomic mass is 9.32. The summed E-state index contributed by atoms with van der Waals surface area (Å²) in [7, 11) is 1.46. The third-order valence-corrected chi connectivity index (χ3v) is 8.92. The molecule has 8 rings (SSSR count). The summed E-state index contributed by atoms with van der Waals surface area (Å²) in [5, 5.41) is 4.44. The molecule has 0 saturated heterocycles. The molecule has 37 heavy (non-hydrogen) atoms. The first kappa shape index (κ1) is 22.2. The fraction of sp³-hybridized carbons (Fsp3) is 0.333. The number of hydrogen-bond donors (Lipinski definition) is 1. The van der Waals surface area contributed by atoms with Gasteiger partial charge in [0.1, 0.15) is 0 Å². The van der Waals surface area contributed by atoms with Gasteiger partial charge in [0.2, 0.25) is 0 Å². The molecule has 7 nitrogen and oxygen atoms in total. The Bertz CT molecular complexity index is 1520. The lowest BCUT2D eigenvalue weighted by Gasteiger charge is -2.71. The quantitative estimate of drug-likeness (QED) is 0.376. The molecule has 4 aliphatic rings. The maximum Gasteiger partial charge on any atom is 0.311 e. The van der Waals surface area contributed by atoms with Crippen molar-refractivity contribution in [3.05, 3.63) is 84.4 Å². The molecule has 4 fully saturated rings. The largest absolute Gasteiger partial charge is 0.469 e. The Kier molecular flexibility index (Phi) is 4.65. The van der Waals surface area contributed by atoms with E-state index in [4.69, 9.17) is 4.74 Å². The van der Waals surface area contributed by atoms with Gasteiger partial charge in [-0.3, -0.25) is 19.6 Å². The molecular formula is C30H28N4O3. The summed E-state index contributed by atoms with van der Waals surface area (Å²) in [6.45, 7) is 0.563. The van der Waals surface area contributed by atoms with Gasteiger partial charge in [-0.2, -0.15) is 0 Å². The average molecular weight is 493 g/mol. The molecule has 3 heterocycles. The van der Waals surface area contributed by atoms with Crippen molar-refractivity contribution >= 4 is 22.8 Å². The summed E-state index contributed by atoms with van der Waals surface area (Å²) in [6.07, 6.45) is 10.1. The van der Waals surface area contributed by atoms with Gasteiger partial charge < -0.3 is 14.6 Å². The van der Waals surface area contributed by atoms with Crippen molar-refractivity contribution in [2.24, 2.45) is 10.8 Å². The molecule has 0 atom stereocenters. The van der Waals surface area contributed by atoms with Gasteiger partial charge in [0.15, 0.2) is 0 Å². The molecule has 4 saturated carbocycles. The van der Waals surface area contributed by atoms with E-state index in [1.54, 1.807) is 6.20 Å². The number of benzene rings is 1. The Morgan fingerprint density at radius 3 is 2.51 bits per heavy atom. The van der Waals surface area contributed by atoms with E-state index >= 15 is 0 Å². The van der Waals surface area contributed by atoms with Crippen LogP contribution >= 0.6 is 0 Å². The number of amides is 1. The van der Waals surface area contributed by atoms with Crippen molar-refractivity contribution in [1.82, 2.24) is 19.9 Å². The molecule has 7 heteroatoms. The smallest absolute Gasteiger partial charge is 0.311 e. The summed E-state index contributed by atoms with van der Waals surface area (Å²) >= 11 is 0. The number of pyridine rings is 2. The van der Waals surface area contributed by atoms with Gasteiger partial charge in [0.05, 0.1) is 41.5 Å². The number of nitrogens with zero attached hydrogens (tertiary/aromatic N) is 3. The number of para-hydroxylation sites is 1. The molecule has 0 aliphatic heterocycles. The first-order valence-corrected chi connectivity index (χ1v) is 12.8. The minimum atomic E-state index is -0.303. The van der Waals surface area contributed by atoms with Gasteiger partial charge in [-0.05, 0) is 73.9 Å². The molecule has 1 N–H and O–H groups in total. The van der Waals surface area contributed by atoms with E-state index < -0.39 is 0 Å². The van der Waals surface area contributed by atoms with Crippen LogP contribution in [0.3, 0.4) is 0 Å². The van der Waals surface area contributed by atoms with Crippen LogP contribution in [-0.2, 0) is 16.1 Å². The molecule has 186 valence electrons. The van der Waals surface area contributed by atoms with Crippen molar-refractivity contribution in [2.75, 3.05) is 7.11 Å². The monoisotopic (exact) mass is 492 g/mol. The Morgan fingerprint density at radius 1 is 1.00 bits per heavy atom. The maximum absolute atomic E-state index is 13.7. The molecule has 2 bridgehead atoms. The Balaban J connectivity index is 1.12. The summed E-state index contributed by atoms with van der Waals surface area (Å²) in [6, 6.07) is 17.8. The number of ether oxygens (including phenoxy) is 1. The highest BCUT2D eigenvalue weighted by atomic mass is 16.5. The molecular weight excluding hydrogens is 464 g/mol. The fourth-order valence-electron chi connectivity index (χ4n) is 6.88. The average Bonchev–Trinajstić information content (AvgIpc) is 3.53. The zero-order chi connectivity index (χ0) is 25.3. The first-order chi connectivity index (χ1) is 18.0. The minimum absolute atomic E-state index is 0.0432. The standard InChI is InChI=1S/C30H28N4O3/c1-37-27(36)28-17-29(18-28,19-28)30(11-12-30)33-26(35)23-6-4-5-20-10-14-34(25(20)23)16-22-9-8-21(15-32-22)24-7-2-3-13-31-24/h2-10,13-15H,11-12,16-19H2,1H3,(H,33,35). The van der Waals surface area contributed by atoms with Crippen molar-refractivity contribution in [3.8, 4) is 11.3 Å². The van der Waals surface area contributed by atoms with E-state index in [0.717, 1.165) is 60.0 Å². The van der Waals surface area contributed by atoms with Gasteiger partial charge in [0, 0.05) is 35.1 Å². The second-order valence-electron chi connectivity index (χ2n) is 11.1. The van der Waals surface area contributed by atoms with E-state index in [0.29, 0.717) is 12.1 Å². The van der Waals surface area contributed by atoms with Crippen LogP contribution in [0.1, 0.15) is 48.2 Å². The van der Waals surface area contributed by atoms with Crippen LogP contribution in [0.2, 0.25) is 0 Å². The molecule has 0 spiro atoms. The third-order valence-electron chi connectivity index (χ3n) is 8.92. The predicted molar refractivity (Wildman–Crippen MR) is 139 cm³/mol. The van der Waals surface area contributed by atoms with Crippen LogP contribution in [0.25, 0.3) is 22.2 Å². The highest BCUT2D eigenvalue weighted by molar-refractivity contribution is 6.06. The third kappa shape index (κ3) is 3.26. The van der Waals surface area contributed by atoms with Gasteiger partial charge in [-0.1, -0.05) is 18.2 Å². The lowest BCUT2D eigenvalue weighted by Crippen LogP contribution is -2.73. The number of nitrogens with one attached hydrogen (secondary N) is 1. The van der Waals surface area contributed by atoms with Crippen LogP contribution in [0, 0.1) is 10.8 Å². The number of esters is 1. The number of rotatable bonds is 7. The molecule has 1 aromatic carbocycles. The zero-order valence-corrected chi connectivity index (χ0v) is 20.7. The van der Waals surface area contributed by atoms with Gasteiger partial charge >= 0.3 is 5.97 Å². The molecule has 1 amide bonds. The number of fused-ring (bicyclic) bond motifs is 1. The van der Waals surface area contributed by atoms with Gasteiger partial charge in [-0.15, -0.1) is 0 Å². The SMILES string of the molecule is COC(=O)C12CC(C3(NC(=O)c4cccc5ccn(Cc6ccc(-c7ccccn7)cn6)c45)CC3)(C1)C2. The zero-order valence-electron chi connectivity index (χ0n) is 20.7. The summed E-state index contributed by atoms with van der Waals surface area (Å²) in [4.78, 5) is 34.9. The van der Waals surface area contributed by atoms with Gasteiger partial charge in [0.25, 0.3) is 5.91 Å². The number of hydrogen-bond acceptors (Lipinski definition) is 5.